The van der Waals surface area contributed by atoms with Gasteiger partial charge in [0, 0.05) is 11.8 Å². The predicted octanol–water partition coefficient (Wildman–Crippen LogP) is 6.77. The van der Waals surface area contributed by atoms with E-state index >= 15 is 0 Å². The first-order valence-electron chi connectivity index (χ1n) is 7.69. The Bertz CT molecular complexity index is 1050. The van der Waals surface area contributed by atoms with Gasteiger partial charge in [0.25, 0.3) is 0 Å². The molecule has 3 rings (SSSR count). The van der Waals surface area contributed by atoms with E-state index in [9.17, 15) is 30.7 Å². The predicted molar refractivity (Wildman–Crippen MR) is 89.0 cm³/mol. The van der Waals surface area contributed by atoms with Gasteiger partial charge in [0.1, 0.15) is 11.6 Å². The van der Waals surface area contributed by atoms with Crippen molar-refractivity contribution in [3.63, 3.8) is 0 Å². The zero-order valence-corrected chi connectivity index (χ0v) is 14.7. The molecular weight excluding hydrogens is 429 g/mol. The highest BCUT2D eigenvalue weighted by atomic mass is 35.5. The second-order valence-corrected chi connectivity index (χ2v) is 6.10. The Morgan fingerprint density at radius 2 is 1.59 bits per heavy atom. The average Bonchev–Trinajstić information content (AvgIpc) is 2.61. The van der Waals surface area contributed by atoms with Gasteiger partial charge in [0.05, 0.1) is 21.8 Å². The Morgan fingerprint density at radius 1 is 0.862 bits per heavy atom. The minimum Gasteiger partial charge on any atom is -0.424 e. The van der Waals surface area contributed by atoms with Crippen LogP contribution in [0.4, 0.5) is 30.7 Å². The molecule has 11 heteroatoms. The number of nitrogens with zero attached hydrogens (tertiary/aromatic N) is 2. The van der Waals surface area contributed by atoms with Crippen molar-refractivity contribution in [1.29, 1.82) is 0 Å². The first-order chi connectivity index (χ1) is 13.4. The molecule has 0 atom stereocenters. The van der Waals surface area contributed by atoms with Crippen molar-refractivity contribution >= 4 is 11.6 Å². The third kappa shape index (κ3) is 4.94. The third-order valence-electron chi connectivity index (χ3n) is 3.61. The van der Waals surface area contributed by atoms with Crippen molar-refractivity contribution in [2.45, 2.75) is 12.4 Å². The molecule has 0 amide bonds. The highest BCUT2D eigenvalue weighted by Gasteiger charge is 2.34. The van der Waals surface area contributed by atoms with Gasteiger partial charge in [-0.05, 0) is 42.5 Å². The maximum atomic E-state index is 13.6. The Labute approximate surface area is 163 Å². The summed E-state index contributed by atoms with van der Waals surface area (Å²) in [5, 5.41) is -0.543. The smallest absolute Gasteiger partial charge is 0.417 e. The van der Waals surface area contributed by atoms with Crippen molar-refractivity contribution in [1.82, 2.24) is 9.97 Å². The number of benzene rings is 2. The molecule has 0 aliphatic rings. The lowest BCUT2D eigenvalue weighted by Gasteiger charge is -2.12. The van der Waals surface area contributed by atoms with Crippen LogP contribution in [0.5, 0.6) is 11.8 Å². The van der Waals surface area contributed by atoms with Crippen LogP contribution in [0.1, 0.15) is 11.1 Å². The van der Waals surface area contributed by atoms with E-state index in [4.69, 9.17) is 16.3 Å². The molecule has 0 aliphatic carbocycles. The van der Waals surface area contributed by atoms with Crippen molar-refractivity contribution in [3.8, 4) is 23.0 Å². The monoisotopic (exact) mass is 436 g/mol. The summed E-state index contributed by atoms with van der Waals surface area (Å²) < 4.78 is 96.1. The summed E-state index contributed by atoms with van der Waals surface area (Å²) in [7, 11) is 0. The zero-order chi connectivity index (χ0) is 21.4. The fourth-order valence-corrected chi connectivity index (χ4v) is 2.57. The summed E-state index contributed by atoms with van der Waals surface area (Å²) in [6.07, 6.45) is -8.40. The minimum absolute atomic E-state index is 0.120. The molecule has 1 aromatic heterocycles. The lowest BCUT2D eigenvalue weighted by atomic mass is 10.1. The summed E-state index contributed by atoms with van der Waals surface area (Å²) >= 11 is 5.52. The molecule has 0 bridgehead atoms. The quantitative estimate of drug-likeness (QED) is 0.425. The number of halogens is 8. The van der Waals surface area contributed by atoms with Gasteiger partial charge in [-0.25, -0.2) is 9.37 Å². The molecule has 0 N–H and O–H groups in total. The van der Waals surface area contributed by atoms with Crippen molar-refractivity contribution in [2.75, 3.05) is 0 Å². The zero-order valence-electron chi connectivity index (χ0n) is 13.9. The molecule has 0 unspecified atom stereocenters. The fourth-order valence-electron chi connectivity index (χ4n) is 2.34. The average molecular weight is 437 g/mol. The number of aromatic nitrogens is 2. The first-order valence-corrected chi connectivity index (χ1v) is 8.07. The van der Waals surface area contributed by atoms with Gasteiger partial charge < -0.3 is 4.74 Å². The van der Waals surface area contributed by atoms with Crippen LogP contribution < -0.4 is 4.74 Å². The van der Waals surface area contributed by atoms with Crippen molar-refractivity contribution in [3.05, 3.63) is 70.6 Å². The van der Waals surface area contributed by atoms with Gasteiger partial charge in [-0.3, -0.25) is 0 Å². The number of rotatable bonds is 3. The van der Waals surface area contributed by atoms with E-state index < -0.39 is 40.3 Å². The van der Waals surface area contributed by atoms with E-state index in [0.29, 0.717) is 18.2 Å². The molecule has 0 aliphatic heterocycles. The van der Waals surface area contributed by atoms with Crippen LogP contribution in [0.2, 0.25) is 5.02 Å². The largest absolute Gasteiger partial charge is 0.424 e. The number of hydrogen-bond acceptors (Lipinski definition) is 3. The molecule has 152 valence electrons. The lowest BCUT2D eigenvalue weighted by Crippen LogP contribution is -2.06. The van der Waals surface area contributed by atoms with Gasteiger partial charge >= 0.3 is 18.4 Å². The molecule has 2 aromatic carbocycles. The fraction of sp³-hybridized carbons (Fsp3) is 0.111. The van der Waals surface area contributed by atoms with Crippen molar-refractivity contribution < 1.29 is 35.5 Å². The second kappa shape index (κ2) is 7.51. The van der Waals surface area contributed by atoms with E-state index in [1.165, 1.54) is 6.07 Å². The molecular formula is C18H8ClF7N2O. The topological polar surface area (TPSA) is 35.0 Å². The van der Waals surface area contributed by atoms with Gasteiger partial charge in [-0.15, -0.1) is 0 Å². The van der Waals surface area contributed by atoms with Gasteiger partial charge in [-0.1, -0.05) is 11.6 Å². The van der Waals surface area contributed by atoms with Crippen LogP contribution in [0, 0.1) is 5.82 Å². The van der Waals surface area contributed by atoms with Crippen LogP contribution in [-0.4, -0.2) is 9.97 Å². The normalized spacial score (nSPS) is 12.1. The first kappa shape index (κ1) is 20.8. The number of alkyl halides is 6. The summed E-state index contributed by atoms with van der Waals surface area (Å²) in [4.78, 5) is 7.54. The standard InChI is InChI=1S/C18H8ClF7N2O/c19-14-2-1-12(8-13(14)18(24,25)26)29-16-27-4-3-15(28-16)9-5-10(17(21,22)23)7-11(20)6-9/h1-8H. The van der Waals surface area contributed by atoms with E-state index in [0.717, 1.165) is 24.4 Å². The Morgan fingerprint density at radius 3 is 2.24 bits per heavy atom. The minimum atomic E-state index is -4.78. The Kier molecular flexibility index (Phi) is 5.40. The molecule has 3 nitrogen and oxygen atoms in total. The Hall–Kier alpha value is -2.88. The lowest BCUT2D eigenvalue weighted by molar-refractivity contribution is -0.138. The molecule has 0 spiro atoms. The second-order valence-electron chi connectivity index (χ2n) is 5.69. The van der Waals surface area contributed by atoms with Gasteiger partial charge in [0.2, 0.25) is 0 Å². The van der Waals surface area contributed by atoms with Crippen LogP contribution in [-0.2, 0) is 12.4 Å². The molecule has 0 saturated heterocycles. The van der Waals surface area contributed by atoms with Crippen LogP contribution in [0.25, 0.3) is 11.3 Å². The van der Waals surface area contributed by atoms with Crippen LogP contribution in [0.3, 0.4) is 0 Å². The molecule has 3 aromatic rings. The molecule has 1 heterocycles. The van der Waals surface area contributed by atoms with Crippen molar-refractivity contribution in [2.24, 2.45) is 0 Å². The summed E-state index contributed by atoms with van der Waals surface area (Å²) in [5.41, 5.74) is -2.70. The van der Waals surface area contributed by atoms with E-state index in [2.05, 4.69) is 9.97 Å². The van der Waals surface area contributed by atoms with Crippen LogP contribution in [0.15, 0.2) is 48.7 Å². The molecule has 0 radical (unpaired) electrons. The van der Waals surface area contributed by atoms with E-state index in [1.807, 2.05) is 0 Å². The van der Waals surface area contributed by atoms with E-state index in [1.54, 1.807) is 0 Å². The van der Waals surface area contributed by atoms with Gasteiger partial charge in [-0.2, -0.15) is 31.3 Å². The van der Waals surface area contributed by atoms with Gasteiger partial charge in [0.15, 0.2) is 0 Å². The highest BCUT2D eigenvalue weighted by Crippen LogP contribution is 2.37. The number of hydrogen-bond donors (Lipinski definition) is 0. The highest BCUT2D eigenvalue weighted by molar-refractivity contribution is 6.31. The number of ether oxygens (including phenoxy) is 1. The summed E-state index contributed by atoms with van der Waals surface area (Å²) in [6.45, 7) is 0. The SMILES string of the molecule is Fc1cc(-c2ccnc(Oc3ccc(Cl)c(C(F)(F)F)c3)n2)cc(C(F)(F)F)c1. The molecule has 29 heavy (non-hydrogen) atoms. The summed E-state index contributed by atoms with van der Waals surface area (Å²) in [5.74, 6) is -1.43. The molecule has 0 saturated carbocycles. The summed E-state index contributed by atoms with van der Waals surface area (Å²) in [6, 6.07) is 5.31. The third-order valence-corrected chi connectivity index (χ3v) is 3.94. The van der Waals surface area contributed by atoms with E-state index in [-0.39, 0.29) is 17.0 Å². The Balaban J connectivity index is 1.95. The maximum absolute atomic E-state index is 13.6. The maximum Gasteiger partial charge on any atom is 0.417 e. The molecule has 0 fully saturated rings. The van der Waals surface area contributed by atoms with Crippen LogP contribution >= 0.6 is 11.6 Å².